The topological polar surface area (TPSA) is 82.0 Å². The number of amides is 2. The van der Waals surface area contributed by atoms with Crippen LogP contribution in [0.25, 0.3) is 0 Å². The van der Waals surface area contributed by atoms with Crippen LogP contribution in [0.4, 0.5) is 19.0 Å². The van der Waals surface area contributed by atoms with Gasteiger partial charge in [0.05, 0.1) is 18.5 Å². The molecule has 2 aromatic rings. The Balaban J connectivity index is 1.47. The van der Waals surface area contributed by atoms with Crippen LogP contribution in [0, 0.1) is 17.6 Å². The molecule has 1 aromatic heterocycles. The Morgan fingerprint density at radius 3 is 2.48 bits per heavy atom. The summed E-state index contributed by atoms with van der Waals surface area (Å²) in [7, 11) is 3.20. The Hall–Kier alpha value is -3.50. The van der Waals surface area contributed by atoms with Crippen molar-refractivity contribution in [1.82, 2.24) is 19.9 Å². The molecule has 0 N–H and O–H groups in total. The third-order valence-corrected chi connectivity index (χ3v) is 5.79. The number of carbonyl (C=O) groups is 2. The van der Waals surface area contributed by atoms with Gasteiger partial charge in [-0.1, -0.05) is 0 Å². The number of hydrogen-bond donors (Lipinski definition) is 0. The third-order valence-electron chi connectivity index (χ3n) is 5.79. The van der Waals surface area contributed by atoms with E-state index in [0.717, 1.165) is 23.2 Å². The van der Waals surface area contributed by atoms with Gasteiger partial charge in [-0.2, -0.15) is 5.10 Å². The van der Waals surface area contributed by atoms with Gasteiger partial charge in [0.2, 0.25) is 5.91 Å². The van der Waals surface area contributed by atoms with Gasteiger partial charge in [-0.05, 0) is 24.1 Å². The summed E-state index contributed by atoms with van der Waals surface area (Å²) in [5, 5.41) is 5.18. The van der Waals surface area contributed by atoms with Gasteiger partial charge in [0.1, 0.15) is 35.6 Å². The fraction of sp³-hybridized carbons (Fsp3) is 0.409. The van der Waals surface area contributed by atoms with Crippen LogP contribution in [-0.4, -0.2) is 71.3 Å². The highest BCUT2D eigenvalue weighted by Gasteiger charge is 2.40. The first-order valence-electron chi connectivity index (χ1n) is 10.5. The van der Waals surface area contributed by atoms with Gasteiger partial charge < -0.3 is 9.80 Å². The zero-order valence-electron chi connectivity index (χ0n) is 18.2. The number of rotatable bonds is 4. The Morgan fingerprint density at radius 1 is 1.09 bits per heavy atom. The lowest BCUT2D eigenvalue weighted by Crippen LogP contribution is -2.48. The monoisotopic (exact) mass is 460 g/mol. The Labute approximate surface area is 188 Å². The van der Waals surface area contributed by atoms with E-state index in [2.05, 4.69) is 15.1 Å². The molecule has 2 aliphatic heterocycles. The molecule has 8 nitrogen and oxygen atoms in total. The summed E-state index contributed by atoms with van der Waals surface area (Å²) >= 11 is 0. The third kappa shape index (κ3) is 4.67. The van der Waals surface area contributed by atoms with E-state index < -0.39 is 35.7 Å². The SMILES string of the molecule is CN(C)C(=O)c1cc(N2CC[C@@H](C(=O)N3N=CC[C@@H]3c3cc(F)cc(F)c3)[C@@H](F)C2)ncn1. The van der Waals surface area contributed by atoms with Crippen molar-refractivity contribution in [3.8, 4) is 0 Å². The molecule has 33 heavy (non-hydrogen) atoms. The van der Waals surface area contributed by atoms with Crippen molar-refractivity contribution < 1.29 is 22.8 Å². The lowest BCUT2D eigenvalue weighted by Gasteiger charge is -2.36. The largest absolute Gasteiger partial charge is 0.354 e. The van der Waals surface area contributed by atoms with Crippen molar-refractivity contribution in [2.45, 2.75) is 25.1 Å². The van der Waals surface area contributed by atoms with E-state index in [1.165, 1.54) is 23.5 Å². The van der Waals surface area contributed by atoms with Gasteiger partial charge in [0.25, 0.3) is 5.91 Å². The highest BCUT2D eigenvalue weighted by Crippen LogP contribution is 2.34. The average molecular weight is 460 g/mol. The zero-order valence-corrected chi connectivity index (χ0v) is 18.2. The summed E-state index contributed by atoms with van der Waals surface area (Å²) < 4.78 is 42.5. The molecular formula is C22H23F3N6O2. The fourth-order valence-corrected chi connectivity index (χ4v) is 4.10. The van der Waals surface area contributed by atoms with Crippen LogP contribution in [0.15, 0.2) is 35.7 Å². The molecule has 0 unspecified atom stereocenters. The molecule has 0 spiro atoms. The smallest absolute Gasteiger partial charge is 0.272 e. The number of piperidine rings is 1. The number of hydrogen-bond acceptors (Lipinski definition) is 6. The van der Waals surface area contributed by atoms with Gasteiger partial charge >= 0.3 is 0 Å². The molecule has 1 fully saturated rings. The first-order chi connectivity index (χ1) is 15.7. The van der Waals surface area contributed by atoms with Crippen LogP contribution in [0.1, 0.15) is 34.9 Å². The van der Waals surface area contributed by atoms with Crippen molar-refractivity contribution in [3.05, 3.63) is 53.5 Å². The number of halogens is 3. The van der Waals surface area contributed by atoms with Crippen molar-refractivity contribution in [2.75, 3.05) is 32.1 Å². The summed E-state index contributed by atoms with van der Waals surface area (Å²) in [6.07, 6.45) is 1.69. The van der Waals surface area contributed by atoms with Gasteiger partial charge in [-0.25, -0.2) is 28.1 Å². The summed E-state index contributed by atoms with van der Waals surface area (Å²) in [6.45, 7) is 0.236. The van der Waals surface area contributed by atoms with E-state index in [4.69, 9.17) is 0 Å². The zero-order chi connectivity index (χ0) is 23.7. The molecule has 0 radical (unpaired) electrons. The predicted octanol–water partition coefficient (Wildman–Crippen LogP) is 2.58. The van der Waals surface area contributed by atoms with Crippen molar-refractivity contribution in [3.63, 3.8) is 0 Å². The van der Waals surface area contributed by atoms with Crippen LogP contribution in [0.3, 0.4) is 0 Å². The number of anilines is 1. The normalized spacial score (nSPS) is 22.5. The van der Waals surface area contributed by atoms with Gasteiger partial charge in [0, 0.05) is 45.4 Å². The molecular weight excluding hydrogens is 437 g/mol. The molecule has 1 saturated heterocycles. The minimum atomic E-state index is -1.52. The van der Waals surface area contributed by atoms with Crippen molar-refractivity contribution in [1.29, 1.82) is 0 Å². The van der Waals surface area contributed by atoms with E-state index in [1.807, 2.05) is 0 Å². The highest BCUT2D eigenvalue weighted by atomic mass is 19.1. The minimum absolute atomic E-state index is 0.0974. The number of nitrogens with zero attached hydrogens (tertiary/aromatic N) is 6. The number of benzene rings is 1. The van der Waals surface area contributed by atoms with Crippen molar-refractivity contribution in [2.24, 2.45) is 11.0 Å². The van der Waals surface area contributed by atoms with Crippen LogP contribution < -0.4 is 4.90 Å². The van der Waals surface area contributed by atoms with Gasteiger partial charge in [-0.15, -0.1) is 0 Å². The number of aromatic nitrogens is 2. The molecule has 0 aliphatic carbocycles. The van der Waals surface area contributed by atoms with E-state index in [9.17, 15) is 18.4 Å². The maximum Gasteiger partial charge on any atom is 0.272 e. The molecule has 174 valence electrons. The number of carbonyl (C=O) groups excluding carboxylic acids is 2. The Bertz CT molecular complexity index is 1080. The minimum Gasteiger partial charge on any atom is -0.354 e. The Kier molecular flexibility index (Phi) is 6.30. The van der Waals surface area contributed by atoms with E-state index >= 15 is 4.39 Å². The lowest BCUT2D eigenvalue weighted by molar-refractivity contribution is -0.140. The van der Waals surface area contributed by atoms with Crippen LogP contribution in [0.5, 0.6) is 0 Å². The fourth-order valence-electron chi connectivity index (χ4n) is 4.10. The van der Waals surface area contributed by atoms with Gasteiger partial charge in [0.15, 0.2) is 0 Å². The summed E-state index contributed by atoms with van der Waals surface area (Å²) in [4.78, 5) is 36.4. The van der Waals surface area contributed by atoms with Crippen LogP contribution >= 0.6 is 0 Å². The quantitative estimate of drug-likeness (QED) is 0.701. The van der Waals surface area contributed by atoms with E-state index in [-0.39, 0.29) is 36.6 Å². The van der Waals surface area contributed by atoms with Gasteiger partial charge in [-0.3, -0.25) is 9.59 Å². The van der Waals surface area contributed by atoms with E-state index in [1.54, 1.807) is 19.0 Å². The summed E-state index contributed by atoms with van der Waals surface area (Å²) in [5.41, 5.74) is 0.459. The summed E-state index contributed by atoms with van der Waals surface area (Å²) in [6, 6.07) is 3.87. The molecule has 3 atom stereocenters. The maximum atomic E-state index is 15.2. The second-order valence-electron chi connectivity index (χ2n) is 8.25. The van der Waals surface area contributed by atoms with Crippen molar-refractivity contribution >= 4 is 23.8 Å². The molecule has 11 heteroatoms. The van der Waals surface area contributed by atoms with E-state index in [0.29, 0.717) is 12.4 Å². The first-order valence-corrected chi connectivity index (χ1v) is 10.5. The molecule has 0 saturated carbocycles. The number of alkyl halides is 1. The highest BCUT2D eigenvalue weighted by molar-refractivity contribution is 5.92. The molecule has 2 aliphatic rings. The first kappa shape index (κ1) is 22.7. The predicted molar refractivity (Wildman–Crippen MR) is 114 cm³/mol. The Morgan fingerprint density at radius 2 is 1.82 bits per heavy atom. The lowest BCUT2D eigenvalue weighted by atomic mass is 9.92. The molecule has 0 bridgehead atoms. The average Bonchev–Trinajstić information content (AvgIpc) is 3.27. The molecule has 4 rings (SSSR count). The molecule has 2 amide bonds. The van der Waals surface area contributed by atoms with Crippen LogP contribution in [-0.2, 0) is 4.79 Å². The maximum absolute atomic E-state index is 15.2. The standard InChI is InChI=1S/C22H23F3N6O2/c1-29(2)22(33)18-10-20(27-12-26-18)30-6-4-16(17(25)11-30)21(32)31-19(3-5-28-31)13-7-14(23)9-15(24)8-13/h5,7-10,12,16-17,19H,3-4,6,11H2,1-2H3/t16-,17+,19-/m1/s1. The molecule has 3 heterocycles. The summed E-state index contributed by atoms with van der Waals surface area (Å²) in [5.74, 6) is -2.89. The second-order valence-corrected chi connectivity index (χ2v) is 8.25. The molecule has 1 aromatic carbocycles. The second kappa shape index (κ2) is 9.16. The number of hydrazone groups is 1. The van der Waals surface area contributed by atoms with Crippen LogP contribution in [0.2, 0.25) is 0 Å².